The third-order valence-electron chi connectivity index (χ3n) is 4.82. The van der Waals surface area contributed by atoms with E-state index in [0.717, 1.165) is 24.8 Å². The smallest absolute Gasteiger partial charge is 0.123 e. The number of hydrogen-bond acceptors (Lipinski definition) is 2. The third-order valence-corrected chi connectivity index (χ3v) is 4.82. The first-order chi connectivity index (χ1) is 10.8. The fourth-order valence-corrected chi connectivity index (χ4v) is 3.85. The Morgan fingerprint density at radius 2 is 1.55 bits per heavy atom. The summed E-state index contributed by atoms with van der Waals surface area (Å²) in [5.41, 5.74) is 5.90. The van der Waals surface area contributed by atoms with Crippen LogP contribution < -0.4 is 0 Å². The summed E-state index contributed by atoms with van der Waals surface area (Å²) in [7, 11) is 0. The number of nitrogens with zero attached hydrogens (tertiary/aromatic N) is 1. The third kappa shape index (κ3) is 1.90. The second-order valence-electron chi connectivity index (χ2n) is 6.04. The van der Waals surface area contributed by atoms with Gasteiger partial charge in [0.1, 0.15) is 5.60 Å². The van der Waals surface area contributed by atoms with Crippen LogP contribution in [0.1, 0.15) is 28.7 Å². The van der Waals surface area contributed by atoms with Gasteiger partial charge in [0.15, 0.2) is 0 Å². The summed E-state index contributed by atoms with van der Waals surface area (Å²) in [6.45, 7) is 0.538. The van der Waals surface area contributed by atoms with Crippen LogP contribution in [0.5, 0.6) is 0 Å². The Morgan fingerprint density at radius 1 is 0.955 bits per heavy atom. The van der Waals surface area contributed by atoms with Gasteiger partial charge in [-0.1, -0.05) is 48.5 Å². The van der Waals surface area contributed by atoms with Gasteiger partial charge in [0.2, 0.25) is 0 Å². The maximum atomic E-state index is 8.98. The van der Waals surface area contributed by atoms with Gasteiger partial charge in [-0.25, -0.2) is 0 Å². The van der Waals surface area contributed by atoms with Gasteiger partial charge < -0.3 is 4.74 Å². The van der Waals surface area contributed by atoms with Crippen molar-refractivity contribution in [2.45, 2.75) is 24.9 Å². The maximum absolute atomic E-state index is 8.98. The molecule has 1 aliphatic heterocycles. The van der Waals surface area contributed by atoms with Crippen molar-refractivity contribution in [3.63, 3.8) is 0 Å². The Labute approximate surface area is 130 Å². The fraction of sp³-hybridized carbons (Fsp3) is 0.250. The summed E-state index contributed by atoms with van der Waals surface area (Å²) in [4.78, 5) is 0. The van der Waals surface area contributed by atoms with Crippen LogP contribution in [0, 0.1) is 11.3 Å². The number of aryl methyl sites for hydroxylation is 2. The normalized spacial score (nSPS) is 20.2. The first-order valence-electron chi connectivity index (χ1n) is 7.72. The highest BCUT2D eigenvalue weighted by Gasteiger charge is 2.44. The van der Waals surface area contributed by atoms with E-state index in [-0.39, 0.29) is 0 Å². The van der Waals surface area contributed by atoms with Gasteiger partial charge in [0.05, 0.1) is 12.7 Å². The van der Waals surface area contributed by atoms with Crippen molar-refractivity contribution in [2.24, 2.45) is 0 Å². The largest absolute Gasteiger partial charge is 0.361 e. The van der Waals surface area contributed by atoms with Crippen molar-refractivity contribution in [1.82, 2.24) is 0 Å². The van der Waals surface area contributed by atoms with E-state index in [2.05, 4.69) is 54.6 Å². The zero-order valence-corrected chi connectivity index (χ0v) is 12.4. The number of rotatable bonds is 0. The van der Waals surface area contributed by atoms with E-state index in [1.54, 1.807) is 6.08 Å². The van der Waals surface area contributed by atoms with Crippen molar-refractivity contribution in [3.8, 4) is 6.07 Å². The lowest BCUT2D eigenvalue weighted by Crippen LogP contribution is -2.27. The zero-order chi connectivity index (χ0) is 15.0. The predicted octanol–water partition coefficient (Wildman–Crippen LogP) is 3.90. The second kappa shape index (κ2) is 5.12. The van der Waals surface area contributed by atoms with Crippen molar-refractivity contribution in [1.29, 1.82) is 5.26 Å². The van der Waals surface area contributed by atoms with Crippen LogP contribution in [0.3, 0.4) is 0 Å². The Hall–Kier alpha value is -2.37. The molecule has 1 spiro atoms. The summed E-state index contributed by atoms with van der Waals surface area (Å²) < 4.78 is 6.36. The minimum Gasteiger partial charge on any atom is -0.361 e. The molecule has 2 aliphatic rings. The molecule has 0 radical (unpaired) electrons. The molecule has 1 heterocycles. The molecule has 1 aliphatic carbocycles. The molecule has 22 heavy (non-hydrogen) atoms. The van der Waals surface area contributed by atoms with E-state index >= 15 is 0 Å². The van der Waals surface area contributed by atoms with Crippen LogP contribution in [0.25, 0.3) is 0 Å². The summed E-state index contributed by atoms with van der Waals surface area (Å²) in [6, 6.07) is 19.3. The maximum Gasteiger partial charge on any atom is 0.123 e. The number of fused-ring (bicyclic) bond motifs is 4. The first-order valence-corrected chi connectivity index (χ1v) is 7.72. The Morgan fingerprint density at radius 3 is 2.14 bits per heavy atom. The van der Waals surface area contributed by atoms with E-state index in [9.17, 15) is 0 Å². The molecular weight excluding hydrogens is 270 g/mol. The molecule has 0 aromatic heterocycles. The number of nitriles is 1. The molecule has 0 bridgehead atoms. The molecule has 108 valence electrons. The summed E-state index contributed by atoms with van der Waals surface area (Å²) in [5, 5.41) is 8.98. The molecular formula is C20H17NO. The summed E-state index contributed by atoms with van der Waals surface area (Å²) in [6.07, 6.45) is 4.49. The van der Waals surface area contributed by atoms with Gasteiger partial charge in [-0.05, 0) is 40.7 Å². The molecule has 0 unspecified atom stereocenters. The first kappa shape index (κ1) is 13.3. The highest BCUT2D eigenvalue weighted by molar-refractivity contribution is 5.50. The molecule has 4 rings (SSSR count). The average molecular weight is 287 g/mol. The quantitative estimate of drug-likeness (QED) is 0.688. The number of hydrogen-bond donors (Lipinski definition) is 0. The molecule has 2 aromatic rings. The van der Waals surface area contributed by atoms with Crippen LogP contribution in [0.2, 0.25) is 0 Å². The van der Waals surface area contributed by atoms with Gasteiger partial charge in [-0.3, -0.25) is 0 Å². The lowest BCUT2D eigenvalue weighted by molar-refractivity contribution is 0.0366. The Bertz CT molecular complexity index is 750. The van der Waals surface area contributed by atoms with E-state index < -0.39 is 5.60 Å². The van der Waals surface area contributed by atoms with Crippen LogP contribution in [-0.4, -0.2) is 6.61 Å². The van der Waals surface area contributed by atoms with Gasteiger partial charge in [-0.2, -0.15) is 5.26 Å². The predicted molar refractivity (Wildman–Crippen MR) is 85.3 cm³/mol. The number of allylic oxidation sites excluding steroid dienone is 1. The molecule has 0 saturated carbocycles. The van der Waals surface area contributed by atoms with E-state index in [1.165, 1.54) is 22.3 Å². The Kier molecular flexibility index (Phi) is 3.10. The lowest BCUT2D eigenvalue weighted by Gasteiger charge is -2.31. The molecule has 1 saturated heterocycles. The zero-order valence-electron chi connectivity index (χ0n) is 12.4. The van der Waals surface area contributed by atoms with E-state index in [4.69, 9.17) is 10.00 Å². The molecule has 1 fully saturated rings. The van der Waals surface area contributed by atoms with Gasteiger partial charge in [0.25, 0.3) is 0 Å². The molecule has 0 amide bonds. The topological polar surface area (TPSA) is 33.0 Å². The van der Waals surface area contributed by atoms with Gasteiger partial charge in [-0.15, -0.1) is 0 Å². The van der Waals surface area contributed by atoms with Crippen LogP contribution in [0.15, 0.2) is 60.2 Å². The van der Waals surface area contributed by atoms with Gasteiger partial charge in [0, 0.05) is 12.5 Å². The number of benzene rings is 2. The molecule has 0 atom stereocenters. The SMILES string of the molecule is N#C/C=C1/COC2(C1)c1ccccc1CCc1ccccc12. The molecule has 2 heteroatoms. The highest BCUT2D eigenvalue weighted by atomic mass is 16.5. The average Bonchev–Trinajstić information content (AvgIpc) is 2.93. The van der Waals surface area contributed by atoms with E-state index in [1.807, 2.05) is 0 Å². The second-order valence-corrected chi connectivity index (χ2v) is 6.04. The standard InChI is InChI=1S/C20H17NO/c21-12-11-15-13-20(22-14-15)18-7-3-1-5-16(18)9-10-17-6-2-4-8-19(17)20/h1-8,11H,9-10,13-14H2/b15-11+. The minimum atomic E-state index is -0.424. The summed E-state index contributed by atoms with van der Waals surface area (Å²) in [5.74, 6) is 0. The van der Waals surface area contributed by atoms with E-state index in [0.29, 0.717) is 6.61 Å². The highest BCUT2D eigenvalue weighted by Crippen LogP contribution is 2.48. The van der Waals surface area contributed by atoms with Gasteiger partial charge >= 0.3 is 0 Å². The fourth-order valence-electron chi connectivity index (χ4n) is 3.85. The van der Waals surface area contributed by atoms with Crippen LogP contribution in [0.4, 0.5) is 0 Å². The van der Waals surface area contributed by atoms with Crippen molar-refractivity contribution >= 4 is 0 Å². The lowest BCUT2D eigenvalue weighted by atomic mass is 9.80. The summed E-state index contributed by atoms with van der Waals surface area (Å²) >= 11 is 0. The minimum absolute atomic E-state index is 0.424. The van der Waals surface area contributed by atoms with Crippen LogP contribution >= 0.6 is 0 Å². The van der Waals surface area contributed by atoms with Crippen molar-refractivity contribution in [2.75, 3.05) is 6.61 Å². The van der Waals surface area contributed by atoms with Crippen LogP contribution in [-0.2, 0) is 23.2 Å². The molecule has 0 N–H and O–H groups in total. The van der Waals surface area contributed by atoms with Crippen molar-refractivity contribution < 1.29 is 4.74 Å². The Balaban J connectivity index is 1.97. The molecule has 2 nitrogen and oxygen atoms in total. The number of ether oxygens (including phenoxy) is 1. The monoisotopic (exact) mass is 287 g/mol. The van der Waals surface area contributed by atoms with Crippen molar-refractivity contribution in [3.05, 3.63) is 82.4 Å². The molecule has 2 aromatic carbocycles.